The third-order valence-corrected chi connectivity index (χ3v) is 9.32. The van der Waals surface area contributed by atoms with E-state index in [9.17, 15) is 29.4 Å². The molecule has 1 aliphatic heterocycles. The number of phenols is 1. The number of benzene rings is 2. The number of hydrogen-bond acceptors (Lipinski definition) is 8. The zero-order valence-electron chi connectivity index (χ0n) is 21.0. The predicted octanol–water partition coefficient (Wildman–Crippen LogP) is 1.22. The second-order valence-corrected chi connectivity index (χ2v) is 12.5. The average molecular weight is 561 g/mol. The molecule has 1 saturated heterocycles. The minimum atomic E-state index is -1.22. The van der Waals surface area contributed by atoms with Gasteiger partial charge in [0.05, 0.1) is 10.8 Å². The van der Waals surface area contributed by atoms with Crippen LogP contribution in [0.4, 0.5) is 0 Å². The molecule has 3 amide bonds. The molecule has 0 bridgehead atoms. The molecule has 0 aromatic heterocycles. The van der Waals surface area contributed by atoms with E-state index in [0.717, 1.165) is 11.1 Å². The first kappa shape index (κ1) is 29.3. The molecule has 0 spiro atoms. The Morgan fingerprint density at radius 2 is 1.71 bits per heavy atom. The number of rotatable bonds is 7. The minimum Gasteiger partial charge on any atom is -0.508 e. The van der Waals surface area contributed by atoms with Gasteiger partial charge in [-0.2, -0.15) is 0 Å². The highest BCUT2D eigenvalue weighted by Gasteiger charge is 2.40. The molecule has 4 atom stereocenters. The van der Waals surface area contributed by atoms with E-state index in [4.69, 9.17) is 5.73 Å². The van der Waals surface area contributed by atoms with Gasteiger partial charge < -0.3 is 31.9 Å². The number of phenolic OH excluding ortho intramolecular Hbond substituents is 1. The first-order valence-electron chi connectivity index (χ1n) is 12.0. The topological polar surface area (TPSA) is 171 Å². The van der Waals surface area contributed by atoms with Crippen molar-refractivity contribution in [2.45, 2.75) is 55.6 Å². The molecular weight excluding hydrogens is 528 g/mol. The number of nitrogens with one attached hydrogen (secondary N) is 3. The van der Waals surface area contributed by atoms with Gasteiger partial charge in [-0.15, -0.1) is 0 Å². The predicted molar refractivity (Wildman–Crippen MR) is 147 cm³/mol. The van der Waals surface area contributed by atoms with Crippen molar-refractivity contribution < 1.29 is 29.4 Å². The van der Waals surface area contributed by atoms with E-state index in [2.05, 4.69) is 16.0 Å². The van der Waals surface area contributed by atoms with Crippen LogP contribution in [0.1, 0.15) is 25.0 Å². The number of carboxylic acid groups (broad SMARTS) is 1. The summed E-state index contributed by atoms with van der Waals surface area (Å²) in [6, 6.07) is 11.1. The number of carbonyl (C=O) groups is 4. The zero-order chi connectivity index (χ0) is 27.9. The highest BCUT2D eigenvalue weighted by Crippen LogP contribution is 2.39. The maximum absolute atomic E-state index is 13.3. The van der Waals surface area contributed by atoms with Gasteiger partial charge in [-0.1, -0.05) is 64.1 Å². The quantitative estimate of drug-likeness (QED) is 0.272. The normalized spacial score (nSPS) is 22.8. The third-order valence-electron chi connectivity index (χ3n) is 6.01. The lowest BCUT2D eigenvalue weighted by molar-refractivity contribution is -0.143. The largest absolute Gasteiger partial charge is 0.508 e. The molecular formula is C26H32N4O6S2. The monoisotopic (exact) mass is 560 g/mol. The molecule has 204 valence electrons. The summed E-state index contributed by atoms with van der Waals surface area (Å²) in [5.41, 5.74) is 7.61. The van der Waals surface area contributed by atoms with Gasteiger partial charge in [-0.3, -0.25) is 14.4 Å². The Kier molecular flexibility index (Phi) is 10.1. The van der Waals surface area contributed by atoms with Gasteiger partial charge in [0.1, 0.15) is 23.9 Å². The van der Waals surface area contributed by atoms with Crippen molar-refractivity contribution in [1.82, 2.24) is 16.0 Å². The van der Waals surface area contributed by atoms with E-state index in [0.29, 0.717) is 0 Å². The van der Waals surface area contributed by atoms with Crippen LogP contribution in [-0.2, 0) is 32.0 Å². The molecule has 1 fully saturated rings. The summed E-state index contributed by atoms with van der Waals surface area (Å²) in [7, 11) is 2.43. The van der Waals surface area contributed by atoms with E-state index >= 15 is 0 Å². The molecule has 38 heavy (non-hydrogen) atoms. The zero-order valence-corrected chi connectivity index (χ0v) is 22.7. The van der Waals surface area contributed by atoms with E-state index < -0.39 is 52.6 Å². The molecule has 7 N–H and O–H groups in total. The van der Waals surface area contributed by atoms with Crippen LogP contribution in [0, 0.1) is 0 Å². The minimum absolute atomic E-state index is 0.0950. The molecule has 12 heteroatoms. The van der Waals surface area contributed by atoms with Crippen molar-refractivity contribution >= 4 is 45.3 Å². The number of hydrogen-bond donors (Lipinski definition) is 6. The van der Waals surface area contributed by atoms with E-state index in [1.165, 1.54) is 33.7 Å². The van der Waals surface area contributed by atoms with E-state index in [1.807, 2.05) is 6.07 Å². The Bertz CT molecular complexity index is 1150. The number of aromatic hydroxyl groups is 1. The first-order valence-corrected chi connectivity index (χ1v) is 14.3. The summed E-state index contributed by atoms with van der Waals surface area (Å²) in [5, 5.41) is 27.3. The van der Waals surface area contributed by atoms with Crippen LogP contribution in [0.5, 0.6) is 5.75 Å². The SMILES string of the molecule is CC1(C)SSC[C@H](NC(=O)[C@@H](N)Cc2ccc(O)cc2)C(=O)N[C@@H](Cc2ccccc2)C(=O)N[C@@H]1C(=O)O. The Labute approximate surface area is 228 Å². The third kappa shape index (κ3) is 8.14. The lowest BCUT2D eigenvalue weighted by Crippen LogP contribution is -2.59. The van der Waals surface area contributed by atoms with Crippen molar-refractivity contribution in [3.8, 4) is 5.75 Å². The lowest BCUT2D eigenvalue weighted by atomic mass is 10.0. The van der Waals surface area contributed by atoms with Crippen LogP contribution in [0.2, 0.25) is 0 Å². The van der Waals surface area contributed by atoms with E-state index in [1.54, 1.807) is 50.2 Å². The van der Waals surface area contributed by atoms with Crippen LogP contribution in [-0.4, -0.2) is 68.6 Å². The Morgan fingerprint density at radius 3 is 2.34 bits per heavy atom. The van der Waals surface area contributed by atoms with Crippen LogP contribution in [0.3, 0.4) is 0 Å². The second kappa shape index (κ2) is 13.0. The lowest BCUT2D eigenvalue weighted by Gasteiger charge is -2.31. The van der Waals surface area contributed by atoms with Gasteiger partial charge in [0.15, 0.2) is 0 Å². The summed E-state index contributed by atoms with van der Waals surface area (Å²) in [5.74, 6) is -2.74. The standard InChI is InChI=1S/C26H32N4O6S2/c1-26(2)21(25(35)36)30-23(33)19(13-15-6-4-3-5-7-15)28-24(34)20(14-37-38-26)29-22(32)18(27)12-16-8-10-17(31)11-9-16/h3-11,18-21,31H,12-14,27H2,1-2H3,(H,28,34)(H,29,32)(H,30,33)(H,35,36)/t18-,19-,20-,21+/m0/s1. The number of carboxylic acids is 1. The number of carbonyl (C=O) groups excluding carboxylic acids is 3. The van der Waals surface area contributed by atoms with Gasteiger partial charge in [-0.05, 0) is 43.5 Å². The Balaban J connectivity index is 1.81. The number of nitrogens with two attached hydrogens (primary N) is 1. The van der Waals surface area contributed by atoms with Gasteiger partial charge in [-0.25, -0.2) is 4.79 Å². The average Bonchev–Trinajstić information content (AvgIpc) is 2.88. The molecule has 0 aliphatic carbocycles. The van der Waals surface area contributed by atoms with E-state index in [-0.39, 0.29) is 24.3 Å². The molecule has 2 aromatic rings. The van der Waals surface area contributed by atoms with Gasteiger partial charge in [0.2, 0.25) is 17.7 Å². The fourth-order valence-electron chi connectivity index (χ4n) is 3.85. The molecule has 2 aromatic carbocycles. The molecule has 0 radical (unpaired) electrons. The second-order valence-electron chi connectivity index (χ2n) is 9.54. The van der Waals surface area contributed by atoms with Gasteiger partial charge in [0, 0.05) is 12.2 Å². The van der Waals surface area contributed by atoms with Crippen molar-refractivity contribution in [2.24, 2.45) is 5.73 Å². The molecule has 1 aliphatic rings. The van der Waals surface area contributed by atoms with Crippen LogP contribution in [0.25, 0.3) is 0 Å². The molecule has 0 unspecified atom stereocenters. The smallest absolute Gasteiger partial charge is 0.327 e. The Hall–Kier alpha value is -3.22. The molecule has 10 nitrogen and oxygen atoms in total. The summed E-state index contributed by atoms with van der Waals surface area (Å²) >= 11 is 0. The fraction of sp³-hybridized carbons (Fsp3) is 0.385. The Morgan fingerprint density at radius 1 is 1.05 bits per heavy atom. The maximum Gasteiger partial charge on any atom is 0.327 e. The van der Waals surface area contributed by atoms with Crippen LogP contribution < -0.4 is 21.7 Å². The van der Waals surface area contributed by atoms with Crippen molar-refractivity contribution in [3.63, 3.8) is 0 Å². The van der Waals surface area contributed by atoms with Crippen molar-refractivity contribution in [2.75, 3.05) is 5.75 Å². The van der Waals surface area contributed by atoms with Gasteiger partial charge >= 0.3 is 5.97 Å². The highest BCUT2D eigenvalue weighted by atomic mass is 33.1. The molecule has 0 saturated carbocycles. The summed E-state index contributed by atoms with van der Waals surface area (Å²) < 4.78 is -0.930. The maximum atomic E-state index is 13.3. The molecule has 3 rings (SSSR count). The van der Waals surface area contributed by atoms with Crippen molar-refractivity contribution in [3.05, 3.63) is 65.7 Å². The van der Waals surface area contributed by atoms with Gasteiger partial charge in [0.25, 0.3) is 0 Å². The summed E-state index contributed by atoms with van der Waals surface area (Å²) in [6.07, 6.45) is 0.321. The van der Waals surface area contributed by atoms with Crippen LogP contribution in [0.15, 0.2) is 54.6 Å². The highest BCUT2D eigenvalue weighted by molar-refractivity contribution is 8.77. The number of aliphatic carboxylic acids is 1. The van der Waals surface area contributed by atoms with Crippen LogP contribution >= 0.6 is 21.6 Å². The fourth-order valence-corrected chi connectivity index (χ4v) is 6.66. The number of amides is 3. The van der Waals surface area contributed by atoms with Crippen molar-refractivity contribution in [1.29, 1.82) is 0 Å². The summed E-state index contributed by atoms with van der Waals surface area (Å²) in [4.78, 5) is 51.5. The summed E-state index contributed by atoms with van der Waals surface area (Å²) in [6.45, 7) is 3.40. The molecule has 1 heterocycles. The first-order chi connectivity index (χ1) is 18.0.